The highest BCUT2D eigenvalue weighted by atomic mass is 16.5. The van der Waals surface area contributed by atoms with Crippen LogP contribution < -0.4 is 26.0 Å². The smallest absolute Gasteiger partial charge is 0.253 e. The second kappa shape index (κ2) is 9.53. The van der Waals surface area contributed by atoms with E-state index in [1.54, 1.807) is 7.11 Å². The number of ether oxygens (including phenoxy) is 1. The van der Waals surface area contributed by atoms with Crippen LogP contribution in [0.25, 0.3) is 10.9 Å². The first-order valence-electron chi connectivity index (χ1n) is 13.5. The van der Waals surface area contributed by atoms with E-state index in [-0.39, 0.29) is 0 Å². The van der Waals surface area contributed by atoms with Gasteiger partial charge in [0, 0.05) is 29.0 Å². The van der Waals surface area contributed by atoms with Gasteiger partial charge in [-0.05, 0) is 69.3 Å². The fourth-order valence-corrected chi connectivity index (χ4v) is 6.21. The van der Waals surface area contributed by atoms with Crippen molar-refractivity contribution in [1.82, 2.24) is 25.2 Å². The van der Waals surface area contributed by atoms with Gasteiger partial charge in [0.2, 0.25) is 0 Å². The maximum absolute atomic E-state index is 6.24. The number of anilines is 2. The lowest BCUT2D eigenvalue weighted by atomic mass is 9.91. The average molecular weight is 491 g/mol. The Bertz CT molecular complexity index is 1230. The lowest BCUT2D eigenvalue weighted by Gasteiger charge is -2.47. The third kappa shape index (κ3) is 4.09. The van der Waals surface area contributed by atoms with Gasteiger partial charge in [0.1, 0.15) is 23.1 Å². The largest absolute Gasteiger partial charge is 0.497 e. The number of benzene rings is 1. The molecule has 3 aromatic rings. The third-order valence-corrected chi connectivity index (χ3v) is 8.08. The van der Waals surface area contributed by atoms with E-state index in [0.717, 1.165) is 66.2 Å². The number of aromatic amines is 1. The number of hydrogen-bond donors (Lipinski definition) is 4. The Morgan fingerprint density at radius 1 is 1.14 bits per heavy atom. The minimum absolute atomic E-state index is 0.295. The lowest BCUT2D eigenvalue weighted by Crippen LogP contribution is -2.69. The van der Waals surface area contributed by atoms with E-state index in [1.807, 2.05) is 18.6 Å². The van der Waals surface area contributed by atoms with Gasteiger partial charge in [-0.3, -0.25) is 15.5 Å². The highest BCUT2D eigenvalue weighted by molar-refractivity contribution is 5.92. The van der Waals surface area contributed by atoms with Gasteiger partial charge in [-0.25, -0.2) is 9.98 Å². The minimum atomic E-state index is -0.838. The van der Waals surface area contributed by atoms with Crippen molar-refractivity contribution >= 4 is 28.8 Å². The van der Waals surface area contributed by atoms with Crippen molar-refractivity contribution in [3.05, 3.63) is 36.3 Å². The molecule has 0 amide bonds. The van der Waals surface area contributed by atoms with Gasteiger partial charge in [-0.2, -0.15) is 0 Å². The van der Waals surface area contributed by atoms with E-state index in [4.69, 9.17) is 20.4 Å². The standard InChI is InChI=1S/C27H38N8O/c1-3-30-27(33-20-10-8-19(28)9-11-20)31-16-24-26(34(17-29-24)21-6-4-5-7-21)35(27)25-15-18-14-22(36-2)12-13-23(18)32-25/h12-17,19-21,30,32-33H,3-11,28H2,1-2H3. The molecular weight excluding hydrogens is 452 g/mol. The number of methoxy groups -OCH3 is 1. The fraction of sp³-hybridized carbons (Fsp3) is 0.556. The fourth-order valence-electron chi connectivity index (χ4n) is 6.21. The van der Waals surface area contributed by atoms with E-state index < -0.39 is 5.91 Å². The molecule has 2 aromatic heterocycles. The molecule has 1 aliphatic heterocycles. The lowest BCUT2D eigenvalue weighted by molar-refractivity contribution is 0.207. The van der Waals surface area contributed by atoms with Crippen molar-refractivity contribution in [2.75, 3.05) is 18.6 Å². The molecule has 3 aliphatic rings. The molecule has 1 unspecified atom stereocenters. The summed E-state index contributed by atoms with van der Waals surface area (Å²) in [7, 11) is 1.71. The normalized spacial score (nSPS) is 26.6. The van der Waals surface area contributed by atoms with Gasteiger partial charge in [0.25, 0.3) is 5.91 Å². The maximum Gasteiger partial charge on any atom is 0.253 e. The zero-order valence-electron chi connectivity index (χ0n) is 21.3. The van der Waals surface area contributed by atoms with E-state index in [9.17, 15) is 0 Å². The minimum Gasteiger partial charge on any atom is -0.497 e. The quantitative estimate of drug-likeness (QED) is 0.371. The molecule has 0 bridgehead atoms. The molecule has 5 N–H and O–H groups in total. The van der Waals surface area contributed by atoms with Crippen molar-refractivity contribution in [3.63, 3.8) is 0 Å². The number of nitrogens with one attached hydrogen (secondary N) is 3. The van der Waals surface area contributed by atoms with E-state index in [2.05, 4.69) is 50.2 Å². The summed E-state index contributed by atoms with van der Waals surface area (Å²) in [4.78, 5) is 15.9. The molecule has 0 saturated heterocycles. The van der Waals surface area contributed by atoms with Crippen LogP contribution in [0.2, 0.25) is 0 Å². The Kier molecular flexibility index (Phi) is 6.23. The molecule has 2 fully saturated rings. The van der Waals surface area contributed by atoms with Crippen molar-refractivity contribution < 1.29 is 4.74 Å². The molecule has 0 radical (unpaired) electrons. The number of hydrogen-bond acceptors (Lipinski definition) is 7. The summed E-state index contributed by atoms with van der Waals surface area (Å²) in [6.07, 6.45) is 13.0. The van der Waals surface area contributed by atoms with Gasteiger partial charge < -0.3 is 20.0 Å². The van der Waals surface area contributed by atoms with Crippen LogP contribution in [0, 0.1) is 0 Å². The van der Waals surface area contributed by atoms with Crippen LogP contribution in [0.3, 0.4) is 0 Å². The summed E-state index contributed by atoms with van der Waals surface area (Å²) in [5.41, 5.74) is 8.20. The van der Waals surface area contributed by atoms with Crippen molar-refractivity contribution in [1.29, 1.82) is 0 Å². The summed E-state index contributed by atoms with van der Waals surface area (Å²) < 4.78 is 7.88. The highest BCUT2D eigenvalue weighted by Crippen LogP contribution is 2.42. The first-order valence-corrected chi connectivity index (χ1v) is 13.5. The molecule has 1 aromatic carbocycles. The van der Waals surface area contributed by atoms with Gasteiger partial charge in [-0.15, -0.1) is 0 Å². The molecule has 2 aliphatic carbocycles. The average Bonchev–Trinajstić information content (AvgIpc) is 3.64. The Morgan fingerprint density at radius 2 is 1.94 bits per heavy atom. The Morgan fingerprint density at radius 3 is 2.69 bits per heavy atom. The SMILES string of the molecule is CCNC1(NC2CCC(N)CC2)N=Cc2ncn(C3CCCC3)c2N1c1cc2cc(OC)ccc2[nH]1. The topological polar surface area (TPSA) is 109 Å². The van der Waals surface area contributed by atoms with Crippen LogP contribution in [0.5, 0.6) is 5.75 Å². The Hall–Kier alpha value is -2.88. The second-order valence-electron chi connectivity index (χ2n) is 10.5. The maximum atomic E-state index is 6.24. The summed E-state index contributed by atoms with van der Waals surface area (Å²) in [6.45, 7) is 2.89. The van der Waals surface area contributed by atoms with Crippen LogP contribution in [-0.2, 0) is 0 Å². The number of nitrogens with two attached hydrogens (primary N) is 1. The van der Waals surface area contributed by atoms with Crippen molar-refractivity contribution in [2.24, 2.45) is 10.7 Å². The summed E-state index contributed by atoms with van der Waals surface area (Å²) in [6, 6.07) is 9.39. The van der Waals surface area contributed by atoms with E-state index >= 15 is 0 Å². The number of aromatic nitrogens is 3. The number of H-pyrrole nitrogens is 1. The van der Waals surface area contributed by atoms with Crippen LogP contribution in [0.4, 0.5) is 11.6 Å². The molecule has 192 valence electrons. The predicted octanol–water partition coefficient (Wildman–Crippen LogP) is 4.14. The van der Waals surface area contributed by atoms with Gasteiger partial charge in [-0.1, -0.05) is 19.8 Å². The monoisotopic (exact) mass is 490 g/mol. The molecule has 3 heterocycles. The summed E-state index contributed by atoms with van der Waals surface area (Å²) in [5, 5.41) is 8.75. The van der Waals surface area contributed by atoms with Crippen molar-refractivity contribution in [2.45, 2.75) is 82.3 Å². The van der Waals surface area contributed by atoms with Crippen LogP contribution >= 0.6 is 0 Å². The third-order valence-electron chi connectivity index (χ3n) is 8.08. The highest BCUT2D eigenvalue weighted by Gasteiger charge is 2.45. The number of fused-ring (bicyclic) bond motifs is 2. The number of rotatable bonds is 7. The predicted molar refractivity (Wildman–Crippen MR) is 144 cm³/mol. The van der Waals surface area contributed by atoms with Crippen LogP contribution in [0.1, 0.15) is 70.0 Å². The summed E-state index contributed by atoms with van der Waals surface area (Å²) >= 11 is 0. The number of imidazole rings is 1. The van der Waals surface area contributed by atoms with Gasteiger partial charge >= 0.3 is 0 Å². The summed E-state index contributed by atoms with van der Waals surface area (Å²) in [5.74, 6) is 2.05. The van der Waals surface area contributed by atoms with Crippen molar-refractivity contribution in [3.8, 4) is 5.75 Å². The molecule has 6 rings (SSSR count). The first kappa shape index (κ1) is 23.5. The zero-order valence-corrected chi connectivity index (χ0v) is 21.3. The first-order chi connectivity index (χ1) is 17.6. The number of aliphatic imine (C=N–C) groups is 1. The molecule has 9 nitrogen and oxygen atoms in total. The van der Waals surface area contributed by atoms with E-state index in [0.29, 0.717) is 18.1 Å². The number of nitrogens with zero attached hydrogens (tertiary/aromatic N) is 4. The Labute approximate surface area is 212 Å². The van der Waals surface area contributed by atoms with Gasteiger partial charge in [0.05, 0.1) is 19.7 Å². The molecular formula is C27H38N8O. The zero-order chi connectivity index (χ0) is 24.7. The van der Waals surface area contributed by atoms with Crippen LogP contribution in [-0.4, -0.2) is 52.4 Å². The Balaban J connectivity index is 1.49. The molecule has 36 heavy (non-hydrogen) atoms. The molecule has 1 atom stereocenters. The van der Waals surface area contributed by atoms with E-state index in [1.165, 1.54) is 25.7 Å². The van der Waals surface area contributed by atoms with Gasteiger partial charge in [0.15, 0.2) is 0 Å². The second-order valence-corrected chi connectivity index (χ2v) is 10.5. The molecule has 0 spiro atoms. The molecule has 9 heteroatoms. The van der Waals surface area contributed by atoms with Crippen LogP contribution in [0.15, 0.2) is 35.6 Å². The molecule has 2 saturated carbocycles.